The predicted octanol–water partition coefficient (Wildman–Crippen LogP) is 2.39. The van der Waals surface area contributed by atoms with Crippen LogP contribution in [0.3, 0.4) is 0 Å². The smallest absolute Gasteiger partial charge is 0.00993 e. The molecule has 0 amide bonds. The molecule has 2 fully saturated rings. The molecule has 1 saturated carbocycles. The van der Waals surface area contributed by atoms with Gasteiger partial charge in [-0.3, -0.25) is 4.90 Å². The summed E-state index contributed by atoms with van der Waals surface area (Å²) in [6.45, 7) is 3.72. The third-order valence-electron chi connectivity index (χ3n) is 4.47. The van der Waals surface area contributed by atoms with Crippen molar-refractivity contribution in [3.05, 3.63) is 0 Å². The van der Waals surface area contributed by atoms with Gasteiger partial charge < -0.3 is 5.32 Å². The van der Waals surface area contributed by atoms with Crippen LogP contribution in [0.2, 0.25) is 0 Å². The van der Waals surface area contributed by atoms with E-state index in [1.807, 2.05) is 0 Å². The number of hydrogen-bond donors (Lipinski definition) is 1. The Morgan fingerprint density at radius 2 is 1.87 bits per heavy atom. The summed E-state index contributed by atoms with van der Waals surface area (Å²) in [6, 6.07) is 2.60. The summed E-state index contributed by atoms with van der Waals surface area (Å²) in [5.74, 6) is 0. The van der Waals surface area contributed by atoms with Gasteiger partial charge in [0.2, 0.25) is 0 Å². The number of rotatable bonds is 3. The molecule has 1 N–H and O–H groups in total. The van der Waals surface area contributed by atoms with E-state index in [2.05, 4.69) is 24.2 Å². The van der Waals surface area contributed by atoms with E-state index in [0.717, 1.165) is 18.1 Å². The average Bonchev–Trinajstić information content (AvgIpc) is 2.77. The zero-order chi connectivity index (χ0) is 10.7. The van der Waals surface area contributed by atoms with E-state index < -0.39 is 0 Å². The maximum Gasteiger partial charge on any atom is 0.00993 e. The SMILES string of the molecule is CCC1CCCN1C1CCC(NC)CC1. The van der Waals surface area contributed by atoms with Gasteiger partial charge in [-0.15, -0.1) is 0 Å². The second-order valence-electron chi connectivity index (χ2n) is 5.24. The lowest BCUT2D eigenvalue weighted by Gasteiger charge is -2.37. The second-order valence-corrected chi connectivity index (χ2v) is 5.24. The molecule has 1 aliphatic heterocycles. The minimum absolute atomic E-state index is 0.795. The summed E-state index contributed by atoms with van der Waals surface area (Å²) in [6.07, 6.45) is 9.84. The third-order valence-corrected chi connectivity index (χ3v) is 4.47. The molecule has 0 spiro atoms. The molecule has 0 aromatic rings. The van der Waals surface area contributed by atoms with Gasteiger partial charge in [0.1, 0.15) is 0 Å². The van der Waals surface area contributed by atoms with E-state index in [4.69, 9.17) is 0 Å². The van der Waals surface area contributed by atoms with Crippen LogP contribution in [0, 0.1) is 0 Å². The zero-order valence-corrected chi connectivity index (χ0v) is 10.3. The summed E-state index contributed by atoms with van der Waals surface area (Å²) in [5.41, 5.74) is 0. The van der Waals surface area contributed by atoms with Gasteiger partial charge in [0.15, 0.2) is 0 Å². The molecule has 2 heteroatoms. The summed E-state index contributed by atoms with van der Waals surface area (Å²) >= 11 is 0. The topological polar surface area (TPSA) is 15.3 Å². The van der Waals surface area contributed by atoms with Crippen molar-refractivity contribution in [1.29, 1.82) is 0 Å². The normalized spacial score (nSPS) is 38.4. The fourth-order valence-corrected chi connectivity index (χ4v) is 3.47. The molecule has 0 bridgehead atoms. The van der Waals surface area contributed by atoms with Gasteiger partial charge in [0.25, 0.3) is 0 Å². The Morgan fingerprint density at radius 3 is 2.47 bits per heavy atom. The maximum atomic E-state index is 3.42. The van der Waals surface area contributed by atoms with Crippen LogP contribution in [-0.2, 0) is 0 Å². The standard InChI is InChI=1S/C13H26N2/c1-3-12-5-4-10-15(12)13-8-6-11(14-2)7-9-13/h11-14H,3-10H2,1-2H3. The van der Waals surface area contributed by atoms with Crippen molar-refractivity contribution in [2.45, 2.75) is 70.0 Å². The highest BCUT2D eigenvalue weighted by atomic mass is 15.2. The Labute approximate surface area is 94.4 Å². The summed E-state index contributed by atoms with van der Waals surface area (Å²) < 4.78 is 0. The lowest BCUT2D eigenvalue weighted by atomic mass is 9.90. The molecule has 0 aromatic carbocycles. The van der Waals surface area contributed by atoms with E-state index in [9.17, 15) is 0 Å². The van der Waals surface area contributed by atoms with E-state index in [1.165, 1.54) is 51.5 Å². The predicted molar refractivity (Wildman–Crippen MR) is 65.1 cm³/mol. The molecule has 0 aromatic heterocycles. The van der Waals surface area contributed by atoms with Crippen LogP contribution in [0.1, 0.15) is 51.9 Å². The molecule has 2 nitrogen and oxygen atoms in total. The van der Waals surface area contributed by atoms with Gasteiger partial charge in [-0.1, -0.05) is 6.92 Å². The van der Waals surface area contributed by atoms with Crippen molar-refractivity contribution in [2.75, 3.05) is 13.6 Å². The van der Waals surface area contributed by atoms with Crippen LogP contribution in [0.5, 0.6) is 0 Å². The molecule has 15 heavy (non-hydrogen) atoms. The first-order chi connectivity index (χ1) is 7.35. The molecule has 1 heterocycles. The Balaban J connectivity index is 1.84. The van der Waals surface area contributed by atoms with Gasteiger partial charge in [-0.2, -0.15) is 0 Å². The number of likely N-dealkylation sites (tertiary alicyclic amines) is 1. The molecule has 1 atom stereocenters. The number of nitrogens with one attached hydrogen (secondary N) is 1. The highest BCUT2D eigenvalue weighted by molar-refractivity contribution is 4.88. The molecule has 1 aliphatic carbocycles. The van der Waals surface area contributed by atoms with Crippen LogP contribution >= 0.6 is 0 Å². The van der Waals surface area contributed by atoms with Crippen LogP contribution in [-0.4, -0.2) is 36.6 Å². The van der Waals surface area contributed by atoms with E-state index in [-0.39, 0.29) is 0 Å². The molecule has 0 radical (unpaired) electrons. The second kappa shape index (κ2) is 5.31. The highest BCUT2D eigenvalue weighted by Gasteiger charge is 2.31. The Morgan fingerprint density at radius 1 is 1.13 bits per heavy atom. The van der Waals surface area contributed by atoms with E-state index in [0.29, 0.717) is 0 Å². The summed E-state index contributed by atoms with van der Waals surface area (Å²) in [4.78, 5) is 2.81. The van der Waals surface area contributed by atoms with Crippen molar-refractivity contribution in [3.8, 4) is 0 Å². The number of nitrogens with zero attached hydrogens (tertiary/aromatic N) is 1. The van der Waals surface area contributed by atoms with Gasteiger partial charge in [-0.05, 0) is 58.5 Å². The fourth-order valence-electron chi connectivity index (χ4n) is 3.47. The molecule has 88 valence electrons. The molecule has 1 saturated heterocycles. The Kier molecular flexibility index (Phi) is 4.04. The third kappa shape index (κ3) is 2.54. The van der Waals surface area contributed by atoms with Crippen LogP contribution in [0.15, 0.2) is 0 Å². The van der Waals surface area contributed by atoms with Crippen molar-refractivity contribution in [1.82, 2.24) is 10.2 Å². The largest absolute Gasteiger partial charge is 0.317 e. The van der Waals surface area contributed by atoms with Crippen molar-refractivity contribution >= 4 is 0 Å². The van der Waals surface area contributed by atoms with Crippen molar-refractivity contribution in [3.63, 3.8) is 0 Å². The monoisotopic (exact) mass is 210 g/mol. The van der Waals surface area contributed by atoms with Gasteiger partial charge >= 0.3 is 0 Å². The molecule has 2 rings (SSSR count). The Hall–Kier alpha value is -0.0800. The van der Waals surface area contributed by atoms with Crippen molar-refractivity contribution < 1.29 is 0 Å². The van der Waals surface area contributed by atoms with Crippen LogP contribution < -0.4 is 5.32 Å². The van der Waals surface area contributed by atoms with E-state index >= 15 is 0 Å². The van der Waals surface area contributed by atoms with Gasteiger partial charge in [0.05, 0.1) is 0 Å². The number of hydrogen-bond acceptors (Lipinski definition) is 2. The maximum absolute atomic E-state index is 3.42. The summed E-state index contributed by atoms with van der Waals surface area (Å²) in [5, 5.41) is 3.42. The molecule has 1 unspecified atom stereocenters. The minimum atomic E-state index is 0.795. The molecular weight excluding hydrogens is 184 g/mol. The minimum Gasteiger partial charge on any atom is -0.317 e. The van der Waals surface area contributed by atoms with Gasteiger partial charge in [-0.25, -0.2) is 0 Å². The quantitative estimate of drug-likeness (QED) is 0.769. The molecular formula is C13H26N2. The summed E-state index contributed by atoms with van der Waals surface area (Å²) in [7, 11) is 2.11. The first-order valence-electron chi connectivity index (χ1n) is 6.78. The fraction of sp³-hybridized carbons (Fsp3) is 1.00. The van der Waals surface area contributed by atoms with Crippen LogP contribution in [0.4, 0.5) is 0 Å². The lowest BCUT2D eigenvalue weighted by Crippen LogP contribution is -2.43. The molecule has 2 aliphatic rings. The van der Waals surface area contributed by atoms with Crippen molar-refractivity contribution in [2.24, 2.45) is 0 Å². The first kappa shape index (κ1) is 11.4. The lowest BCUT2D eigenvalue weighted by molar-refractivity contribution is 0.129. The first-order valence-corrected chi connectivity index (χ1v) is 6.78. The highest BCUT2D eigenvalue weighted by Crippen LogP contribution is 2.30. The zero-order valence-electron chi connectivity index (χ0n) is 10.3. The van der Waals surface area contributed by atoms with Crippen LogP contribution in [0.25, 0.3) is 0 Å². The Bertz CT molecular complexity index is 185. The average molecular weight is 210 g/mol. The van der Waals surface area contributed by atoms with Gasteiger partial charge in [0, 0.05) is 18.1 Å². The van der Waals surface area contributed by atoms with E-state index in [1.54, 1.807) is 0 Å².